The Morgan fingerprint density at radius 3 is 2.74 bits per heavy atom. The molecule has 31 heavy (non-hydrogen) atoms. The summed E-state index contributed by atoms with van der Waals surface area (Å²) in [4.78, 5) is 15.0. The van der Waals surface area contributed by atoms with Gasteiger partial charge >= 0.3 is 0 Å². The summed E-state index contributed by atoms with van der Waals surface area (Å²) in [5, 5.41) is 12.9. The van der Waals surface area contributed by atoms with Crippen molar-refractivity contribution in [2.45, 2.75) is 56.8 Å². The van der Waals surface area contributed by atoms with Crippen LogP contribution in [0.3, 0.4) is 0 Å². The molecule has 1 saturated carbocycles. The van der Waals surface area contributed by atoms with Gasteiger partial charge in [0.15, 0.2) is 16.7 Å². The number of hydrogen-bond acceptors (Lipinski definition) is 7. The molecule has 0 spiro atoms. The summed E-state index contributed by atoms with van der Waals surface area (Å²) in [5.74, 6) is 3.52. The molecule has 1 aliphatic carbocycles. The Kier molecular flexibility index (Phi) is 5.69. The molecule has 1 saturated heterocycles. The van der Waals surface area contributed by atoms with Crippen LogP contribution in [0, 0.1) is 5.92 Å². The van der Waals surface area contributed by atoms with Gasteiger partial charge in [0.05, 0.1) is 11.8 Å². The maximum absolute atomic E-state index is 12.6. The first-order valence-corrected chi connectivity index (χ1v) is 12.1. The minimum atomic E-state index is -0.116. The van der Waals surface area contributed by atoms with Crippen molar-refractivity contribution in [2.24, 2.45) is 5.92 Å². The Bertz CT molecular complexity index is 953. The third-order valence-electron chi connectivity index (χ3n) is 6.23. The van der Waals surface area contributed by atoms with Crippen LogP contribution in [0.25, 0.3) is 0 Å². The summed E-state index contributed by atoms with van der Waals surface area (Å²) in [5.41, 5.74) is 0.991. The predicted molar refractivity (Wildman–Crippen MR) is 119 cm³/mol. The third kappa shape index (κ3) is 4.46. The molecule has 1 aromatic heterocycles. The first-order valence-electron chi connectivity index (χ1n) is 11.1. The molecular weight excluding hydrogens is 414 g/mol. The van der Waals surface area contributed by atoms with Crippen molar-refractivity contribution < 1.29 is 14.3 Å². The molecule has 8 nitrogen and oxygen atoms in total. The zero-order valence-electron chi connectivity index (χ0n) is 18.0. The first kappa shape index (κ1) is 20.5. The van der Waals surface area contributed by atoms with E-state index in [4.69, 9.17) is 9.47 Å². The Hall–Kier alpha value is -2.42. The van der Waals surface area contributed by atoms with Crippen LogP contribution in [0.1, 0.15) is 57.2 Å². The number of fused-ring (bicyclic) bond motifs is 1. The monoisotopic (exact) mass is 443 g/mol. The van der Waals surface area contributed by atoms with Crippen LogP contribution < -0.4 is 19.7 Å². The van der Waals surface area contributed by atoms with Gasteiger partial charge in [-0.1, -0.05) is 24.8 Å². The van der Waals surface area contributed by atoms with E-state index < -0.39 is 0 Å². The highest BCUT2D eigenvalue weighted by atomic mass is 32.2. The van der Waals surface area contributed by atoms with Crippen molar-refractivity contribution in [1.82, 2.24) is 20.1 Å². The van der Waals surface area contributed by atoms with E-state index in [9.17, 15) is 4.79 Å². The number of anilines is 1. The van der Waals surface area contributed by atoms with E-state index in [1.165, 1.54) is 24.6 Å². The van der Waals surface area contributed by atoms with Crippen LogP contribution in [0.5, 0.6) is 11.5 Å². The molecule has 2 aliphatic heterocycles. The fourth-order valence-electron chi connectivity index (χ4n) is 4.12. The number of piperidine rings is 1. The van der Waals surface area contributed by atoms with Crippen molar-refractivity contribution in [3.63, 3.8) is 0 Å². The largest absolute Gasteiger partial charge is 0.454 e. The molecule has 9 heteroatoms. The molecule has 1 aromatic carbocycles. The van der Waals surface area contributed by atoms with Crippen LogP contribution in [-0.4, -0.2) is 46.3 Å². The molecule has 1 N–H and O–H groups in total. The molecule has 5 rings (SSSR count). The fraction of sp³-hybridized carbons (Fsp3) is 0.591. The minimum absolute atomic E-state index is 0.0196. The fourth-order valence-corrected chi connectivity index (χ4v) is 4.94. The van der Waals surface area contributed by atoms with E-state index in [1.807, 2.05) is 25.1 Å². The molecule has 2 aromatic rings. The van der Waals surface area contributed by atoms with Gasteiger partial charge in [-0.3, -0.25) is 9.36 Å². The smallest absolute Gasteiger partial charge is 0.231 e. The van der Waals surface area contributed by atoms with Gasteiger partial charge in [0.2, 0.25) is 18.6 Å². The standard InChI is InChI=1S/C22H29N5O3S/c1-14-7-9-26(10-8-14)21-24-25-22(27(21)17-4-5-17)31-12-20(28)23-15(2)16-3-6-18-19(11-16)30-13-29-18/h3,6,11,14-15,17H,4-5,7-10,12-13H2,1-2H3,(H,23,28). The van der Waals surface area contributed by atoms with E-state index in [0.717, 1.165) is 60.0 Å². The molecule has 3 heterocycles. The Labute approximate surface area is 186 Å². The van der Waals surface area contributed by atoms with Crippen molar-refractivity contribution in [3.8, 4) is 11.5 Å². The van der Waals surface area contributed by atoms with Crippen LogP contribution in [0.4, 0.5) is 5.95 Å². The summed E-state index contributed by atoms with van der Waals surface area (Å²) in [6.07, 6.45) is 4.71. The maximum Gasteiger partial charge on any atom is 0.231 e. The van der Waals surface area contributed by atoms with E-state index in [2.05, 4.69) is 31.9 Å². The lowest BCUT2D eigenvalue weighted by Gasteiger charge is -2.31. The number of carbonyl (C=O) groups is 1. The summed E-state index contributed by atoms with van der Waals surface area (Å²) in [6.45, 7) is 6.60. The number of nitrogens with one attached hydrogen (secondary N) is 1. The number of ether oxygens (including phenoxy) is 2. The average Bonchev–Trinajstić information content (AvgIpc) is 3.34. The summed E-state index contributed by atoms with van der Waals surface area (Å²) >= 11 is 1.47. The molecule has 1 amide bonds. The second kappa shape index (κ2) is 8.61. The summed E-state index contributed by atoms with van der Waals surface area (Å²) in [6, 6.07) is 6.13. The summed E-state index contributed by atoms with van der Waals surface area (Å²) < 4.78 is 13.1. The zero-order chi connectivity index (χ0) is 21.4. The highest BCUT2D eigenvalue weighted by molar-refractivity contribution is 7.99. The van der Waals surface area contributed by atoms with Crippen LogP contribution in [-0.2, 0) is 4.79 Å². The number of rotatable bonds is 7. The number of hydrogen-bond donors (Lipinski definition) is 1. The van der Waals surface area contributed by atoms with Gasteiger partial charge in [-0.15, -0.1) is 10.2 Å². The van der Waals surface area contributed by atoms with Crippen molar-refractivity contribution in [2.75, 3.05) is 30.5 Å². The van der Waals surface area contributed by atoms with Crippen molar-refractivity contribution in [3.05, 3.63) is 23.8 Å². The quantitative estimate of drug-likeness (QED) is 0.656. The number of amides is 1. The molecule has 0 radical (unpaired) electrons. The van der Waals surface area contributed by atoms with Gasteiger partial charge in [0.1, 0.15) is 0 Å². The molecule has 166 valence electrons. The lowest BCUT2D eigenvalue weighted by atomic mass is 10.00. The topological polar surface area (TPSA) is 81.5 Å². The first-order chi connectivity index (χ1) is 15.1. The Balaban J connectivity index is 1.20. The Morgan fingerprint density at radius 1 is 1.19 bits per heavy atom. The summed E-state index contributed by atoms with van der Waals surface area (Å²) in [7, 11) is 0. The lowest BCUT2D eigenvalue weighted by Crippen LogP contribution is -2.34. The number of aromatic nitrogens is 3. The number of carbonyl (C=O) groups excluding carboxylic acids is 1. The maximum atomic E-state index is 12.6. The lowest BCUT2D eigenvalue weighted by molar-refractivity contribution is -0.119. The van der Waals surface area contributed by atoms with Gasteiger partial charge in [0, 0.05) is 19.1 Å². The predicted octanol–water partition coefficient (Wildman–Crippen LogP) is 3.55. The molecular formula is C22H29N5O3S. The molecule has 0 bridgehead atoms. The van der Waals surface area contributed by atoms with Crippen molar-refractivity contribution in [1.29, 1.82) is 0 Å². The minimum Gasteiger partial charge on any atom is -0.454 e. The van der Waals surface area contributed by atoms with Gasteiger partial charge in [-0.05, 0) is 56.2 Å². The number of thioether (sulfide) groups is 1. The van der Waals surface area contributed by atoms with E-state index >= 15 is 0 Å². The second-order valence-electron chi connectivity index (χ2n) is 8.74. The highest BCUT2D eigenvalue weighted by Gasteiger charge is 2.32. The molecule has 3 aliphatic rings. The number of nitrogens with zero attached hydrogens (tertiary/aromatic N) is 4. The van der Waals surface area contributed by atoms with Crippen LogP contribution in [0.15, 0.2) is 23.4 Å². The van der Waals surface area contributed by atoms with Crippen molar-refractivity contribution >= 4 is 23.6 Å². The molecule has 2 fully saturated rings. The second-order valence-corrected chi connectivity index (χ2v) is 9.69. The zero-order valence-corrected chi connectivity index (χ0v) is 18.9. The Morgan fingerprint density at radius 2 is 1.97 bits per heavy atom. The SMILES string of the molecule is CC1CCN(c2nnc(SCC(=O)NC(C)c3ccc4c(c3)OCO4)n2C2CC2)CC1. The normalized spacial score (nSPS) is 19.5. The molecule has 1 unspecified atom stereocenters. The van der Waals surface area contributed by atoms with E-state index in [-0.39, 0.29) is 18.7 Å². The van der Waals surface area contributed by atoms with E-state index in [1.54, 1.807) is 0 Å². The van der Waals surface area contributed by atoms with Gasteiger partial charge in [-0.25, -0.2) is 0 Å². The van der Waals surface area contributed by atoms with Gasteiger partial charge < -0.3 is 19.7 Å². The van der Waals surface area contributed by atoms with Gasteiger partial charge in [0.25, 0.3) is 0 Å². The highest BCUT2D eigenvalue weighted by Crippen LogP contribution is 2.41. The van der Waals surface area contributed by atoms with Crippen LogP contribution >= 0.6 is 11.8 Å². The van der Waals surface area contributed by atoms with Gasteiger partial charge in [-0.2, -0.15) is 0 Å². The number of benzene rings is 1. The molecule has 1 atom stereocenters. The van der Waals surface area contributed by atoms with Crippen LogP contribution in [0.2, 0.25) is 0 Å². The average molecular weight is 444 g/mol. The van der Waals surface area contributed by atoms with E-state index in [0.29, 0.717) is 11.8 Å². The third-order valence-corrected chi connectivity index (χ3v) is 7.17.